The summed E-state index contributed by atoms with van der Waals surface area (Å²) in [6.07, 6.45) is 2.11. The summed E-state index contributed by atoms with van der Waals surface area (Å²) in [6, 6.07) is 8.80. The summed E-state index contributed by atoms with van der Waals surface area (Å²) in [5, 5.41) is 3.59. The number of morpholine rings is 1. The number of ether oxygens (including phenoxy) is 1. The molecule has 0 radical (unpaired) electrons. The largest absolute Gasteiger partial charge is 0.379 e. The third-order valence-corrected chi connectivity index (χ3v) is 4.66. The van der Waals surface area contributed by atoms with Crippen molar-refractivity contribution in [2.24, 2.45) is 0 Å². The molecule has 0 aliphatic carbocycles. The topological polar surface area (TPSA) is 24.5 Å². The number of rotatable bonds is 6. The van der Waals surface area contributed by atoms with Gasteiger partial charge in [0.2, 0.25) is 0 Å². The van der Waals surface area contributed by atoms with Crippen LogP contribution in [-0.4, -0.2) is 49.5 Å². The molecule has 0 spiro atoms. The molecule has 0 amide bonds. The third kappa shape index (κ3) is 4.48. The van der Waals surface area contributed by atoms with Gasteiger partial charge in [-0.3, -0.25) is 4.90 Å². The maximum absolute atomic E-state index is 5.43. The zero-order valence-corrected chi connectivity index (χ0v) is 13.6. The Morgan fingerprint density at radius 2 is 1.85 bits per heavy atom. The van der Waals surface area contributed by atoms with Crippen molar-refractivity contribution in [3.05, 3.63) is 29.8 Å². The van der Waals surface area contributed by atoms with Crippen molar-refractivity contribution < 1.29 is 4.74 Å². The molecule has 1 aromatic carbocycles. The quantitative estimate of drug-likeness (QED) is 0.815. The third-order valence-electron chi connectivity index (χ3n) is 3.91. The molecule has 1 N–H and O–H groups in total. The lowest BCUT2D eigenvalue weighted by Crippen LogP contribution is -2.54. The monoisotopic (exact) mass is 294 g/mol. The lowest BCUT2D eigenvalue weighted by molar-refractivity contribution is -0.00966. The molecule has 0 aromatic heterocycles. The highest BCUT2D eigenvalue weighted by Crippen LogP contribution is 2.16. The average Bonchev–Trinajstić information content (AvgIpc) is 2.49. The van der Waals surface area contributed by atoms with Crippen LogP contribution < -0.4 is 5.32 Å². The first-order valence-electron chi connectivity index (χ1n) is 7.28. The lowest BCUT2D eigenvalue weighted by Gasteiger charge is -2.41. The Bertz CT molecular complexity index is 399. The van der Waals surface area contributed by atoms with E-state index in [-0.39, 0.29) is 5.54 Å². The van der Waals surface area contributed by atoms with E-state index in [9.17, 15) is 0 Å². The van der Waals surface area contributed by atoms with Crippen molar-refractivity contribution in [1.29, 1.82) is 0 Å². The SMILES string of the molecule is CSc1ccc(CNCC(C)(C)N2CCOCC2)cc1. The zero-order chi connectivity index (χ0) is 14.4. The number of thioether (sulfide) groups is 1. The molecule has 1 saturated heterocycles. The number of nitrogens with zero attached hydrogens (tertiary/aromatic N) is 1. The Labute approximate surface area is 127 Å². The molecule has 2 rings (SSSR count). The summed E-state index contributed by atoms with van der Waals surface area (Å²) in [5.41, 5.74) is 1.53. The van der Waals surface area contributed by atoms with Crippen LogP contribution in [0.5, 0.6) is 0 Å². The molecule has 1 aliphatic heterocycles. The molecule has 0 bridgehead atoms. The van der Waals surface area contributed by atoms with Gasteiger partial charge in [0, 0.05) is 36.6 Å². The Hall–Kier alpha value is -0.550. The standard InChI is InChI=1S/C16H26N2OS/c1-16(2,18-8-10-19-11-9-18)13-17-12-14-4-6-15(20-3)7-5-14/h4-7,17H,8-13H2,1-3H3. The van der Waals surface area contributed by atoms with E-state index in [4.69, 9.17) is 4.74 Å². The normalized spacial score (nSPS) is 17.4. The molecule has 1 aliphatic rings. The van der Waals surface area contributed by atoms with Crippen LogP contribution in [0.25, 0.3) is 0 Å². The van der Waals surface area contributed by atoms with E-state index in [0.29, 0.717) is 0 Å². The van der Waals surface area contributed by atoms with Crippen LogP contribution in [0.4, 0.5) is 0 Å². The van der Waals surface area contributed by atoms with E-state index < -0.39 is 0 Å². The van der Waals surface area contributed by atoms with Crippen molar-refractivity contribution in [2.45, 2.75) is 30.8 Å². The van der Waals surface area contributed by atoms with Crippen LogP contribution in [0.3, 0.4) is 0 Å². The fourth-order valence-electron chi connectivity index (χ4n) is 2.54. The summed E-state index contributed by atoms with van der Waals surface area (Å²) in [5.74, 6) is 0. The molecular weight excluding hydrogens is 268 g/mol. The molecule has 1 fully saturated rings. The maximum Gasteiger partial charge on any atom is 0.0594 e. The summed E-state index contributed by atoms with van der Waals surface area (Å²) in [6.45, 7) is 10.3. The highest BCUT2D eigenvalue weighted by Gasteiger charge is 2.27. The highest BCUT2D eigenvalue weighted by molar-refractivity contribution is 7.98. The fourth-order valence-corrected chi connectivity index (χ4v) is 2.94. The molecule has 1 aromatic rings. The van der Waals surface area contributed by atoms with Gasteiger partial charge in [-0.1, -0.05) is 12.1 Å². The van der Waals surface area contributed by atoms with Crippen LogP contribution in [0.15, 0.2) is 29.2 Å². The van der Waals surface area contributed by atoms with Crippen molar-refractivity contribution in [1.82, 2.24) is 10.2 Å². The highest BCUT2D eigenvalue weighted by atomic mass is 32.2. The van der Waals surface area contributed by atoms with Gasteiger partial charge >= 0.3 is 0 Å². The van der Waals surface area contributed by atoms with Gasteiger partial charge in [0.25, 0.3) is 0 Å². The second kappa shape index (κ2) is 7.46. The number of hydrogen-bond acceptors (Lipinski definition) is 4. The summed E-state index contributed by atoms with van der Waals surface area (Å²) >= 11 is 1.79. The van der Waals surface area contributed by atoms with Crippen LogP contribution in [0.2, 0.25) is 0 Å². The minimum atomic E-state index is 0.184. The van der Waals surface area contributed by atoms with Crippen LogP contribution in [-0.2, 0) is 11.3 Å². The summed E-state index contributed by atoms with van der Waals surface area (Å²) in [4.78, 5) is 3.84. The van der Waals surface area contributed by atoms with Gasteiger partial charge in [0.1, 0.15) is 0 Å². The molecule has 20 heavy (non-hydrogen) atoms. The molecular formula is C16H26N2OS. The van der Waals surface area contributed by atoms with Gasteiger partial charge in [-0.25, -0.2) is 0 Å². The number of nitrogens with one attached hydrogen (secondary N) is 1. The first kappa shape index (κ1) is 15.8. The summed E-state index contributed by atoms with van der Waals surface area (Å²) < 4.78 is 5.43. The Morgan fingerprint density at radius 1 is 1.20 bits per heavy atom. The predicted molar refractivity (Wildman–Crippen MR) is 86.4 cm³/mol. The van der Waals surface area contributed by atoms with Crippen molar-refractivity contribution in [3.8, 4) is 0 Å². The molecule has 0 unspecified atom stereocenters. The van der Waals surface area contributed by atoms with E-state index >= 15 is 0 Å². The van der Waals surface area contributed by atoms with Crippen molar-refractivity contribution in [2.75, 3.05) is 39.1 Å². The van der Waals surface area contributed by atoms with E-state index in [1.54, 1.807) is 11.8 Å². The second-order valence-electron chi connectivity index (χ2n) is 5.86. The molecule has 3 nitrogen and oxygen atoms in total. The number of hydrogen-bond donors (Lipinski definition) is 1. The van der Waals surface area contributed by atoms with E-state index in [0.717, 1.165) is 39.4 Å². The van der Waals surface area contributed by atoms with Gasteiger partial charge in [-0.2, -0.15) is 0 Å². The van der Waals surface area contributed by atoms with Gasteiger partial charge in [0.05, 0.1) is 13.2 Å². The van der Waals surface area contributed by atoms with Gasteiger partial charge < -0.3 is 10.1 Å². The fraction of sp³-hybridized carbons (Fsp3) is 0.625. The smallest absolute Gasteiger partial charge is 0.0594 e. The Morgan fingerprint density at radius 3 is 2.45 bits per heavy atom. The van der Waals surface area contributed by atoms with Crippen LogP contribution in [0, 0.1) is 0 Å². The van der Waals surface area contributed by atoms with Gasteiger partial charge in [-0.15, -0.1) is 11.8 Å². The zero-order valence-electron chi connectivity index (χ0n) is 12.8. The molecule has 0 atom stereocenters. The van der Waals surface area contributed by atoms with E-state index in [1.807, 2.05) is 0 Å². The minimum Gasteiger partial charge on any atom is -0.379 e. The van der Waals surface area contributed by atoms with Gasteiger partial charge in [0.15, 0.2) is 0 Å². The first-order chi connectivity index (χ1) is 9.62. The molecule has 1 heterocycles. The first-order valence-corrected chi connectivity index (χ1v) is 8.51. The number of benzene rings is 1. The van der Waals surface area contributed by atoms with Crippen molar-refractivity contribution in [3.63, 3.8) is 0 Å². The Kier molecular flexibility index (Phi) is 5.90. The van der Waals surface area contributed by atoms with Crippen molar-refractivity contribution >= 4 is 11.8 Å². The Balaban J connectivity index is 1.78. The maximum atomic E-state index is 5.43. The molecule has 4 heteroatoms. The lowest BCUT2D eigenvalue weighted by atomic mass is 10.0. The molecule has 0 saturated carbocycles. The second-order valence-corrected chi connectivity index (χ2v) is 6.74. The van der Waals surface area contributed by atoms with E-state index in [1.165, 1.54) is 10.5 Å². The molecule has 112 valence electrons. The van der Waals surface area contributed by atoms with Crippen LogP contribution in [0.1, 0.15) is 19.4 Å². The van der Waals surface area contributed by atoms with Gasteiger partial charge in [-0.05, 0) is 37.8 Å². The summed E-state index contributed by atoms with van der Waals surface area (Å²) in [7, 11) is 0. The van der Waals surface area contributed by atoms with E-state index in [2.05, 4.69) is 54.6 Å². The van der Waals surface area contributed by atoms with Crippen LogP contribution >= 0.6 is 11.8 Å². The average molecular weight is 294 g/mol. The predicted octanol–water partition coefficient (Wildman–Crippen LogP) is 2.61. The minimum absolute atomic E-state index is 0.184.